The van der Waals surface area contributed by atoms with Crippen LogP contribution >= 0.6 is 34.5 Å². The lowest BCUT2D eigenvalue weighted by molar-refractivity contribution is 0.262. The Morgan fingerprint density at radius 3 is 2.76 bits per heavy atom. The van der Waals surface area contributed by atoms with Crippen molar-refractivity contribution in [2.24, 2.45) is 0 Å². The van der Waals surface area contributed by atoms with E-state index in [9.17, 15) is 4.79 Å². The Bertz CT molecular complexity index is 632. The molecule has 2 aromatic rings. The molecule has 8 heteroatoms. The lowest BCUT2D eigenvalue weighted by Crippen LogP contribution is -2.19. The number of carbonyl (C=O) groups is 1. The van der Waals surface area contributed by atoms with Crippen LogP contribution < -0.4 is 10.6 Å². The predicted octanol–water partition coefficient (Wildman–Crippen LogP) is 4.83. The van der Waals surface area contributed by atoms with E-state index in [1.807, 2.05) is 0 Å². The van der Waals surface area contributed by atoms with Crippen molar-refractivity contribution >= 4 is 51.4 Å². The van der Waals surface area contributed by atoms with Crippen LogP contribution in [0, 0.1) is 0 Å². The zero-order valence-electron chi connectivity index (χ0n) is 11.3. The summed E-state index contributed by atoms with van der Waals surface area (Å²) in [6.07, 6.45) is 3.04. The standard InChI is InChI=1S/C13H14Cl2N4OS/c1-2-3-4-11-18-19-13(21-11)17-12(20)16-8-5-6-9(14)10(15)7-8/h5-7H,2-4H2,1H3,(H2,16,17,19,20). The zero-order valence-corrected chi connectivity index (χ0v) is 13.6. The number of unbranched alkanes of at least 4 members (excludes halogenated alkanes) is 1. The van der Waals surface area contributed by atoms with E-state index < -0.39 is 6.03 Å². The normalized spacial score (nSPS) is 10.4. The van der Waals surface area contributed by atoms with Crippen LogP contribution in [-0.4, -0.2) is 16.2 Å². The molecule has 0 spiro atoms. The molecule has 0 fully saturated rings. The second-order valence-electron chi connectivity index (χ2n) is 4.31. The van der Waals surface area contributed by atoms with Gasteiger partial charge in [-0.3, -0.25) is 5.32 Å². The Balaban J connectivity index is 1.91. The quantitative estimate of drug-likeness (QED) is 0.815. The average Bonchev–Trinajstić information content (AvgIpc) is 2.88. The maximum atomic E-state index is 11.8. The summed E-state index contributed by atoms with van der Waals surface area (Å²) in [5.74, 6) is 0. The van der Waals surface area contributed by atoms with Crippen molar-refractivity contribution in [1.29, 1.82) is 0 Å². The first-order valence-corrected chi connectivity index (χ1v) is 8.01. The van der Waals surface area contributed by atoms with Crippen molar-refractivity contribution < 1.29 is 4.79 Å². The summed E-state index contributed by atoms with van der Waals surface area (Å²) in [6.45, 7) is 2.12. The Labute approximate surface area is 136 Å². The molecular weight excluding hydrogens is 331 g/mol. The number of nitrogens with one attached hydrogen (secondary N) is 2. The van der Waals surface area contributed by atoms with E-state index in [-0.39, 0.29) is 0 Å². The molecule has 0 saturated heterocycles. The van der Waals surface area contributed by atoms with Crippen molar-refractivity contribution in [3.05, 3.63) is 33.3 Å². The van der Waals surface area contributed by atoms with Crippen LogP contribution in [0.15, 0.2) is 18.2 Å². The SMILES string of the molecule is CCCCc1nnc(NC(=O)Nc2ccc(Cl)c(Cl)c2)s1. The van der Waals surface area contributed by atoms with Crippen molar-refractivity contribution in [3.63, 3.8) is 0 Å². The maximum Gasteiger partial charge on any atom is 0.325 e. The largest absolute Gasteiger partial charge is 0.325 e. The molecule has 2 N–H and O–H groups in total. The second-order valence-corrected chi connectivity index (χ2v) is 6.19. The third-order valence-electron chi connectivity index (χ3n) is 2.61. The maximum absolute atomic E-state index is 11.8. The topological polar surface area (TPSA) is 66.9 Å². The Hall–Kier alpha value is -1.37. The van der Waals surface area contributed by atoms with Gasteiger partial charge in [0.1, 0.15) is 5.01 Å². The van der Waals surface area contributed by atoms with Gasteiger partial charge in [-0.15, -0.1) is 10.2 Å². The van der Waals surface area contributed by atoms with Crippen LogP contribution in [0.2, 0.25) is 10.0 Å². The fourth-order valence-electron chi connectivity index (χ4n) is 1.57. The molecule has 0 aliphatic rings. The van der Waals surface area contributed by atoms with Gasteiger partial charge in [0.05, 0.1) is 10.0 Å². The van der Waals surface area contributed by atoms with Crippen LogP contribution in [0.25, 0.3) is 0 Å². The van der Waals surface area contributed by atoms with Crippen molar-refractivity contribution in [3.8, 4) is 0 Å². The molecule has 0 aliphatic carbocycles. The monoisotopic (exact) mass is 344 g/mol. The van der Waals surface area contributed by atoms with E-state index in [0.29, 0.717) is 20.9 Å². The van der Waals surface area contributed by atoms with Crippen LogP contribution in [0.3, 0.4) is 0 Å². The number of aromatic nitrogens is 2. The highest BCUT2D eigenvalue weighted by atomic mass is 35.5. The van der Waals surface area contributed by atoms with E-state index in [1.54, 1.807) is 18.2 Å². The lowest BCUT2D eigenvalue weighted by atomic mass is 10.3. The van der Waals surface area contributed by atoms with Gasteiger partial charge in [0.2, 0.25) is 5.13 Å². The first kappa shape index (κ1) is 16.0. The van der Waals surface area contributed by atoms with Gasteiger partial charge in [0.15, 0.2) is 0 Å². The number of aryl methyl sites for hydroxylation is 1. The minimum Gasteiger partial charge on any atom is -0.308 e. The molecule has 0 unspecified atom stereocenters. The first-order valence-electron chi connectivity index (χ1n) is 6.44. The van der Waals surface area contributed by atoms with Gasteiger partial charge in [-0.2, -0.15) is 0 Å². The van der Waals surface area contributed by atoms with Crippen LogP contribution in [0.4, 0.5) is 15.6 Å². The van der Waals surface area contributed by atoms with E-state index in [1.165, 1.54) is 11.3 Å². The molecule has 2 rings (SSSR count). The van der Waals surface area contributed by atoms with E-state index in [4.69, 9.17) is 23.2 Å². The van der Waals surface area contributed by atoms with E-state index >= 15 is 0 Å². The molecule has 2 amide bonds. The second kappa shape index (κ2) is 7.59. The van der Waals surface area contributed by atoms with Gasteiger partial charge in [-0.05, 0) is 24.6 Å². The van der Waals surface area contributed by atoms with E-state index in [0.717, 1.165) is 24.3 Å². The summed E-state index contributed by atoms with van der Waals surface area (Å²) < 4.78 is 0. The number of carbonyl (C=O) groups excluding carboxylic acids is 1. The minimum atomic E-state index is -0.397. The molecule has 0 bridgehead atoms. The lowest BCUT2D eigenvalue weighted by Gasteiger charge is -2.05. The fraction of sp³-hybridized carbons (Fsp3) is 0.308. The first-order chi connectivity index (χ1) is 10.1. The number of amides is 2. The third kappa shape index (κ3) is 4.84. The van der Waals surface area contributed by atoms with Crippen molar-refractivity contribution in [2.45, 2.75) is 26.2 Å². The number of benzene rings is 1. The van der Waals surface area contributed by atoms with Crippen LogP contribution in [-0.2, 0) is 6.42 Å². The van der Waals surface area contributed by atoms with Gasteiger partial charge in [0, 0.05) is 12.1 Å². The smallest absolute Gasteiger partial charge is 0.308 e. The number of nitrogens with zero attached hydrogens (tertiary/aromatic N) is 2. The molecular formula is C13H14Cl2N4OS. The van der Waals surface area contributed by atoms with E-state index in [2.05, 4.69) is 27.8 Å². The molecule has 5 nitrogen and oxygen atoms in total. The number of halogens is 2. The van der Waals surface area contributed by atoms with Gasteiger partial charge in [0.25, 0.3) is 0 Å². The summed E-state index contributed by atoms with van der Waals surface area (Å²) >= 11 is 13.1. The van der Waals surface area contributed by atoms with Crippen LogP contribution in [0.1, 0.15) is 24.8 Å². The fourth-order valence-corrected chi connectivity index (χ4v) is 2.64. The van der Waals surface area contributed by atoms with Gasteiger partial charge < -0.3 is 5.32 Å². The van der Waals surface area contributed by atoms with Gasteiger partial charge >= 0.3 is 6.03 Å². The summed E-state index contributed by atoms with van der Waals surface area (Å²) in [6, 6.07) is 4.47. The summed E-state index contributed by atoms with van der Waals surface area (Å²) in [4.78, 5) is 11.8. The minimum absolute atomic E-state index is 0.382. The number of anilines is 2. The summed E-state index contributed by atoms with van der Waals surface area (Å²) in [5, 5.41) is 15.5. The van der Waals surface area contributed by atoms with Crippen LogP contribution in [0.5, 0.6) is 0 Å². The molecule has 1 aromatic carbocycles. The molecule has 0 saturated carbocycles. The molecule has 0 radical (unpaired) electrons. The number of hydrogen-bond acceptors (Lipinski definition) is 4. The molecule has 0 atom stereocenters. The Kier molecular flexibility index (Phi) is 5.78. The van der Waals surface area contributed by atoms with Gasteiger partial charge in [-0.1, -0.05) is 47.9 Å². The third-order valence-corrected chi connectivity index (χ3v) is 4.25. The highest BCUT2D eigenvalue weighted by molar-refractivity contribution is 7.15. The molecule has 0 aliphatic heterocycles. The van der Waals surface area contributed by atoms with Gasteiger partial charge in [-0.25, -0.2) is 4.79 Å². The van der Waals surface area contributed by atoms with Crippen molar-refractivity contribution in [2.75, 3.05) is 10.6 Å². The molecule has 112 valence electrons. The summed E-state index contributed by atoms with van der Waals surface area (Å²) in [7, 11) is 0. The number of hydrogen-bond donors (Lipinski definition) is 2. The zero-order chi connectivity index (χ0) is 15.2. The summed E-state index contributed by atoms with van der Waals surface area (Å²) in [5.41, 5.74) is 0.553. The molecule has 1 heterocycles. The molecule has 21 heavy (non-hydrogen) atoms. The average molecular weight is 345 g/mol. The van der Waals surface area contributed by atoms with Crippen molar-refractivity contribution in [1.82, 2.24) is 10.2 Å². The highest BCUT2D eigenvalue weighted by Gasteiger charge is 2.09. The Morgan fingerprint density at radius 1 is 1.24 bits per heavy atom. The number of rotatable bonds is 5. The number of urea groups is 1. The Morgan fingerprint density at radius 2 is 2.05 bits per heavy atom. The highest BCUT2D eigenvalue weighted by Crippen LogP contribution is 2.25. The predicted molar refractivity (Wildman–Crippen MR) is 87.6 cm³/mol. The molecule has 1 aromatic heterocycles.